The van der Waals surface area contributed by atoms with E-state index in [4.69, 9.17) is 5.73 Å². The first-order chi connectivity index (χ1) is 12.5. The van der Waals surface area contributed by atoms with Crippen LogP contribution in [0.5, 0.6) is 0 Å². The molecule has 1 unspecified atom stereocenters. The van der Waals surface area contributed by atoms with Crippen LogP contribution in [-0.4, -0.2) is 35.8 Å². The standard InChI is InChI=1S/C20H20N2O4/c1-26-18(23)10-9-17(19(21)24)22-12-15-11-14(7-8-16(15)20(22)25)13-5-3-2-4-6-13/h2-8,11,17H,9-10,12H2,1H3,(H2,21,24). The highest BCUT2D eigenvalue weighted by Gasteiger charge is 2.35. The molecule has 1 heterocycles. The fourth-order valence-corrected chi connectivity index (χ4v) is 3.21. The topological polar surface area (TPSA) is 89.7 Å². The molecule has 134 valence electrons. The number of hydrogen-bond donors (Lipinski definition) is 1. The van der Waals surface area contributed by atoms with E-state index in [2.05, 4.69) is 4.74 Å². The minimum atomic E-state index is -0.839. The van der Waals surface area contributed by atoms with E-state index in [0.29, 0.717) is 12.1 Å². The van der Waals surface area contributed by atoms with E-state index in [9.17, 15) is 14.4 Å². The van der Waals surface area contributed by atoms with Crippen molar-refractivity contribution in [1.29, 1.82) is 0 Å². The quantitative estimate of drug-likeness (QED) is 0.807. The molecule has 3 rings (SSSR count). The molecule has 1 aliphatic heterocycles. The van der Waals surface area contributed by atoms with Gasteiger partial charge >= 0.3 is 5.97 Å². The van der Waals surface area contributed by atoms with Crippen LogP contribution in [0.15, 0.2) is 48.5 Å². The number of carbonyl (C=O) groups is 3. The van der Waals surface area contributed by atoms with Gasteiger partial charge in [-0.05, 0) is 35.2 Å². The van der Waals surface area contributed by atoms with E-state index in [1.165, 1.54) is 12.0 Å². The van der Waals surface area contributed by atoms with Crippen molar-refractivity contribution < 1.29 is 19.1 Å². The van der Waals surface area contributed by atoms with Crippen LogP contribution in [-0.2, 0) is 20.9 Å². The van der Waals surface area contributed by atoms with Gasteiger partial charge in [0.1, 0.15) is 6.04 Å². The van der Waals surface area contributed by atoms with Crippen molar-refractivity contribution in [2.24, 2.45) is 5.73 Å². The van der Waals surface area contributed by atoms with Gasteiger partial charge in [-0.2, -0.15) is 0 Å². The average Bonchev–Trinajstić information content (AvgIpc) is 2.98. The summed E-state index contributed by atoms with van der Waals surface area (Å²) in [6.45, 7) is 0.295. The Bertz CT molecular complexity index is 848. The Morgan fingerprint density at radius 2 is 1.88 bits per heavy atom. The summed E-state index contributed by atoms with van der Waals surface area (Å²) in [7, 11) is 1.28. The number of hydrogen-bond acceptors (Lipinski definition) is 4. The Morgan fingerprint density at radius 1 is 1.15 bits per heavy atom. The van der Waals surface area contributed by atoms with Crippen molar-refractivity contribution in [2.45, 2.75) is 25.4 Å². The molecule has 2 aromatic rings. The van der Waals surface area contributed by atoms with Crippen LogP contribution in [0.1, 0.15) is 28.8 Å². The Morgan fingerprint density at radius 3 is 2.54 bits per heavy atom. The van der Waals surface area contributed by atoms with E-state index in [1.807, 2.05) is 42.5 Å². The molecule has 0 aromatic heterocycles. The third-order valence-electron chi connectivity index (χ3n) is 4.60. The van der Waals surface area contributed by atoms with E-state index in [1.54, 1.807) is 6.07 Å². The predicted molar refractivity (Wildman–Crippen MR) is 96.0 cm³/mol. The highest BCUT2D eigenvalue weighted by atomic mass is 16.5. The highest BCUT2D eigenvalue weighted by molar-refractivity contribution is 6.01. The van der Waals surface area contributed by atoms with Gasteiger partial charge in [0, 0.05) is 18.5 Å². The van der Waals surface area contributed by atoms with Crippen LogP contribution in [0.25, 0.3) is 11.1 Å². The fraction of sp³-hybridized carbons (Fsp3) is 0.250. The summed E-state index contributed by atoms with van der Waals surface area (Å²) in [6.07, 6.45) is 0.173. The largest absolute Gasteiger partial charge is 0.469 e. The van der Waals surface area contributed by atoms with Crippen LogP contribution in [0.4, 0.5) is 0 Å². The molecular formula is C20H20N2O4. The lowest BCUT2D eigenvalue weighted by atomic mass is 10.0. The molecule has 1 atom stereocenters. The summed E-state index contributed by atoms with van der Waals surface area (Å²) in [4.78, 5) is 37.4. The molecule has 0 saturated heterocycles. The Labute approximate surface area is 151 Å². The van der Waals surface area contributed by atoms with E-state index in [0.717, 1.165) is 16.7 Å². The average molecular weight is 352 g/mol. The molecule has 6 nitrogen and oxygen atoms in total. The number of methoxy groups -OCH3 is 1. The Balaban J connectivity index is 1.84. The minimum Gasteiger partial charge on any atom is -0.469 e. The molecule has 2 aromatic carbocycles. The zero-order valence-corrected chi connectivity index (χ0v) is 14.5. The molecule has 2 amide bonds. The molecule has 0 bridgehead atoms. The van der Waals surface area contributed by atoms with Crippen LogP contribution in [0.3, 0.4) is 0 Å². The summed E-state index contributed by atoms with van der Waals surface area (Å²) in [5, 5.41) is 0. The van der Waals surface area contributed by atoms with Crippen molar-refractivity contribution in [1.82, 2.24) is 4.90 Å². The Kier molecular flexibility index (Phi) is 5.02. The minimum absolute atomic E-state index is 0.0273. The predicted octanol–water partition coefficient (Wildman–Crippen LogP) is 2.12. The molecule has 0 saturated carbocycles. The highest BCUT2D eigenvalue weighted by Crippen LogP contribution is 2.30. The van der Waals surface area contributed by atoms with Crippen molar-refractivity contribution >= 4 is 17.8 Å². The van der Waals surface area contributed by atoms with Gasteiger partial charge in [-0.25, -0.2) is 0 Å². The second kappa shape index (κ2) is 7.39. The SMILES string of the molecule is COC(=O)CCC(C(N)=O)N1Cc2cc(-c3ccccc3)ccc2C1=O. The van der Waals surface area contributed by atoms with Crippen molar-refractivity contribution in [2.75, 3.05) is 7.11 Å². The smallest absolute Gasteiger partial charge is 0.305 e. The number of rotatable bonds is 6. The van der Waals surface area contributed by atoms with Crippen LogP contribution < -0.4 is 5.73 Å². The maximum absolute atomic E-state index is 12.7. The molecule has 0 fully saturated rings. The van der Waals surface area contributed by atoms with Crippen molar-refractivity contribution in [3.8, 4) is 11.1 Å². The van der Waals surface area contributed by atoms with Crippen LogP contribution in [0, 0.1) is 0 Å². The third kappa shape index (κ3) is 3.44. The number of carbonyl (C=O) groups excluding carboxylic acids is 3. The van der Waals surface area contributed by atoms with Crippen molar-refractivity contribution in [3.63, 3.8) is 0 Å². The lowest BCUT2D eigenvalue weighted by molar-refractivity contribution is -0.141. The van der Waals surface area contributed by atoms with Crippen LogP contribution in [0.2, 0.25) is 0 Å². The summed E-state index contributed by atoms with van der Waals surface area (Å²) in [5.74, 6) is -1.31. The normalized spacial score (nSPS) is 14.0. The third-order valence-corrected chi connectivity index (χ3v) is 4.60. The number of nitrogens with zero attached hydrogens (tertiary/aromatic N) is 1. The van der Waals surface area contributed by atoms with Gasteiger partial charge in [-0.3, -0.25) is 14.4 Å². The molecule has 6 heteroatoms. The number of nitrogens with two attached hydrogens (primary N) is 1. The summed E-state index contributed by atoms with van der Waals surface area (Å²) < 4.78 is 4.60. The molecule has 26 heavy (non-hydrogen) atoms. The van der Waals surface area contributed by atoms with Gasteiger partial charge in [0.25, 0.3) is 5.91 Å². The van der Waals surface area contributed by atoms with Gasteiger partial charge < -0.3 is 15.4 Å². The molecule has 2 N–H and O–H groups in total. The van der Waals surface area contributed by atoms with Gasteiger partial charge in [0.2, 0.25) is 5.91 Å². The van der Waals surface area contributed by atoms with E-state index < -0.39 is 17.9 Å². The van der Waals surface area contributed by atoms with E-state index in [-0.39, 0.29) is 18.7 Å². The molecule has 0 spiro atoms. The van der Waals surface area contributed by atoms with Crippen LogP contribution >= 0.6 is 0 Å². The Hall–Kier alpha value is -3.15. The first kappa shape index (κ1) is 17.7. The number of ether oxygens (including phenoxy) is 1. The summed E-state index contributed by atoms with van der Waals surface area (Å²) in [6, 6.07) is 14.6. The first-order valence-electron chi connectivity index (χ1n) is 8.36. The van der Waals surface area contributed by atoms with Gasteiger partial charge in [0.15, 0.2) is 0 Å². The molecule has 1 aliphatic rings. The van der Waals surface area contributed by atoms with Crippen molar-refractivity contribution in [3.05, 3.63) is 59.7 Å². The second-order valence-electron chi connectivity index (χ2n) is 6.20. The number of esters is 1. The summed E-state index contributed by atoms with van der Waals surface area (Å²) >= 11 is 0. The second-order valence-corrected chi connectivity index (χ2v) is 6.20. The molecule has 0 radical (unpaired) electrons. The van der Waals surface area contributed by atoms with Gasteiger partial charge in [-0.15, -0.1) is 0 Å². The number of primary amides is 1. The monoisotopic (exact) mass is 352 g/mol. The number of fused-ring (bicyclic) bond motifs is 1. The zero-order chi connectivity index (χ0) is 18.7. The van der Waals surface area contributed by atoms with E-state index >= 15 is 0 Å². The molecular weight excluding hydrogens is 332 g/mol. The summed E-state index contributed by atoms with van der Waals surface area (Å²) in [5.41, 5.74) is 8.95. The maximum Gasteiger partial charge on any atom is 0.305 e. The lowest BCUT2D eigenvalue weighted by Crippen LogP contribution is -2.45. The first-order valence-corrected chi connectivity index (χ1v) is 8.36. The maximum atomic E-state index is 12.7. The molecule has 0 aliphatic carbocycles. The number of amides is 2. The number of benzene rings is 2. The lowest BCUT2D eigenvalue weighted by Gasteiger charge is -2.24. The van der Waals surface area contributed by atoms with Gasteiger partial charge in [0.05, 0.1) is 7.11 Å². The fourth-order valence-electron chi connectivity index (χ4n) is 3.21. The van der Waals surface area contributed by atoms with Gasteiger partial charge in [-0.1, -0.05) is 36.4 Å². The zero-order valence-electron chi connectivity index (χ0n) is 14.5.